The molecule has 0 aromatic heterocycles. The van der Waals surface area contributed by atoms with Crippen molar-refractivity contribution >= 4 is 11.9 Å². The highest BCUT2D eigenvalue weighted by atomic mass is 16.2. The summed E-state index contributed by atoms with van der Waals surface area (Å²) in [6.45, 7) is 2.88. The summed E-state index contributed by atoms with van der Waals surface area (Å²) in [6, 6.07) is -0.0128. The van der Waals surface area contributed by atoms with Crippen LogP contribution >= 0.6 is 0 Å². The number of nitrogens with one attached hydrogen (secondary N) is 1. The van der Waals surface area contributed by atoms with Crippen LogP contribution in [0.1, 0.15) is 64.2 Å². The van der Waals surface area contributed by atoms with E-state index in [2.05, 4.69) is 17.5 Å². The van der Waals surface area contributed by atoms with E-state index in [0.717, 1.165) is 45.3 Å². The van der Waals surface area contributed by atoms with E-state index in [-0.39, 0.29) is 11.9 Å². The van der Waals surface area contributed by atoms with Gasteiger partial charge in [-0.05, 0) is 69.6 Å². The van der Waals surface area contributed by atoms with Crippen LogP contribution in [0.15, 0.2) is 23.4 Å². The number of carbonyl (C=O) groups excluding carboxylic acids is 2. The van der Waals surface area contributed by atoms with Gasteiger partial charge >= 0.3 is 6.03 Å². The summed E-state index contributed by atoms with van der Waals surface area (Å²) >= 11 is 0. The third-order valence-electron chi connectivity index (χ3n) is 6.79. The fraction of sp³-hybridized carbons (Fsp3) is 0.727. The summed E-state index contributed by atoms with van der Waals surface area (Å²) in [6.07, 6.45) is 15.7. The average Bonchev–Trinajstić information content (AvgIpc) is 2.72. The summed E-state index contributed by atoms with van der Waals surface area (Å²) in [4.78, 5) is 29.1. The molecule has 0 bridgehead atoms. The molecule has 4 rings (SSSR count). The number of amides is 3. The molecule has 0 spiro atoms. The lowest BCUT2D eigenvalue weighted by atomic mass is 9.82. The highest BCUT2D eigenvalue weighted by molar-refractivity contribution is 5.80. The van der Waals surface area contributed by atoms with Crippen LogP contribution in [0.2, 0.25) is 0 Å². The summed E-state index contributed by atoms with van der Waals surface area (Å²) < 4.78 is 0. The maximum Gasteiger partial charge on any atom is 0.317 e. The molecule has 2 aliphatic carbocycles. The van der Waals surface area contributed by atoms with Crippen molar-refractivity contribution in [1.82, 2.24) is 15.1 Å². The monoisotopic (exact) mass is 371 g/mol. The lowest BCUT2D eigenvalue weighted by Gasteiger charge is -2.38. The zero-order chi connectivity index (χ0) is 18.6. The number of fused-ring (bicyclic) bond motifs is 2. The van der Waals surface area contributed by atoms with Crippen LogP contribution in [0, 0.1) is 11.8 Å². The predicted molar refractivity (Wildman–Crippen MR) is 106 cm³/mol. The molecule has 1 N–H and O–H groups in total. The highest BCUT2D eigenvalue weighted by Gasteiger charge is 2.30. The molecule has 5 nitrogen and oxygen atoms in total. The first-order valence-electron chi connectivity index (χ1n) is 10.9. The molecular weight excluding hydrogens is 338 g/mol. The van der Waals surface area contributed by atoms with Crippen LogP contribution in [0.25, 0.3) is 0 Å². The molecule has 2 aliphatic heterocycles. The van der Waals surface area contributed by atoms with E-state index in [1.165, 1.54) is 43.4 Å². The summed E-state index contributed by atoms with van der Waals surface area (Å²) in [7, 11) is 0. The minimum Gasteiger partial charge on any atom is -0.337 e. The largest absolute Gasteiger partial charge is 0.337 e. The number of likely N-dealkylation sites (tertiary alicyclic amines) is 2. The summed E-state index contributed by atoms with van der Waals surface area (Å²) in [5.74, 6) is 1.44. The van der Waals surface area contributed by atoms with Gasteiger partial charge in [-0.1, -0.05) is 17.7 Å². The van der Waals surface area contributed by atoms with E-state index < -0.39 is 0 Å². The van der Waals surface area contributed by atoms with Crippen LogP contribution in [0.3, 0.4) is 0 Å². The number of nitrogens with zero attached hydrogens (tertiary/aromatic N) is 2. The fourth-order valence-corrected chi connectivity index (χ4v) is 5.28. The zero-order valence-electron chi connectivity index (χ0n) is 16.4. The second-order valence-corrected chi connectivity index (χ2v) is 8.54. The maximum absolute atomic E-state index is 12.7. The molecule has 0 radical (unpaired) electrons. The van der Waals surface area contributed by atoms with Crippen LogP contribution in [0.4, 0.5) is 4.79 Å². The smallest absolute Gasteiger partial charge is 0.317 e. The van der Waals surface area contributed by atoms with E-state index in [1.54, 1.807) is 0 Å². The Kier molecular flexibility index (Phi) is 5.84. The third-order valence-corrected chi connectivity index (χ3v) is 6.79. The number of hydrogen-bond donors (Lipinski definition) is 1. The van der Waals surface area contributed by atoms with Gasteiger partial charge in [0, 0.05) is 38.3 Å². The summed E-state index contributed by atoms with van der Waals surface area (Å²) in [5, 5.41) is 2.98. The van der Waals surface area contributed by atoms with Gasteiger partial charge in [0.2, 0.25) is 5.91 Å². The first kappa shape index (κ1) is 18.6. The van der Waals surface area contributed by atoms with Gasteiger partial charge in [-0.25, -0.2) is 4.79 Å². The van der Waals surface area contributed by atoms with Crippen LogP contribution in [-0.2, 0) is 4.79 Å². The molecule has 2 fully saturated rings. The van der Waals surface area contributed by atoms with Crippen molar-refractivity contribution in [2.24, 2.45) is 11.8 Å². The number of rotatable bonds is 3. The Morgan fingerprint density at radius 3 is 2.63 bits per heavy atom. The lowest BCUT2D eigenvalue weighted by Crippen LogP contribution is -2.47. The van der Waals surface area contributed by atoms with E-state index >= 15 is 0 Å². The van der Waals surface area contributed by atoms with Crippen molar-refractivity contribution in [2.75, 3.05) is 26.2 Å². The molecular formula is C22H33N3O2. The van der Waals surface area contributed by atoms with Gasteiger partial charge in [-0.2, -0.15) is 0 Å². The number of hydrogen-bond acceptors (Lipinski definition) is 2. The Hall–Kier alpha value is -1.78. The molecule has 0 saturated carbocycles. The average molecular weight is 372 g/mol. The van der Waals surface area contributed by atoms with E-state index in [4.69, 9.17) is 0 Å². The van der Waals surface area contributed by atoms with Crippen LogP contribution in [-0.4, -0.2) is 47.9 Å². The standard InChI is InChI=1S/C22H33N3O2/c26-21(25-14-5-9-18-7-3-4-10-20(18)25)11-13-23-22(27)24-15-12-17-6-1-2-8-19(17)16-24/h8,10,17-18H,1-7,9,11-16H2,(H,23,27). The minimum absolute atomic E-state index is 0.0128. The highest BCUT2D eigenvalue weighted by Crippen LogP contribution is 2.35. The Morgan fingerprint density at radius 2 is 1.74 bits per heavy atom. The van der Waals surface area contributed by atoms with Gasteiger partial charge < -0.3 is 15.1 Å². The Labute approximate surface area is 162 Å². The lowest BCUT2D eigenvalue weighted by molar-refractivity contribution is -0.130. The molecule has 27 heavy (non-hydrogen) atoms. The van der Waals surface area contributed by atoms with E-state index in [0.29, 0.717) is 24.8 Å². The number of urea groups is 1. The van der Waals surface area contributed by atoms with Gasteiger partial charge in [0.05, 0.1) is 0 Å². The molecule has 0 aromatic carbocycles. The van der Waals surface area contributed by atoms with Crippen molar-refractivity contribution in [1.29, 1.82) is 0 Å². The van der Waals surface area contributed by atoms with E-state index in [9.17, 15) is 9.59 Å². The van der Waals surface area contributed by atoms with Gasteiger partial charge in [0.1, 0.15) is 0 Å². The second kappa shape index (κ2) is 8.49. The quantitative estimate of drug-likeness (QED) is 0.767. The molecule has 3 amide bonds. The maximum atomic E-state index is 12.7. The summed E-state index contributed by atoms with van der Waals surface area (Å²) in [5.41, 5.74) is 2.71. The van der Waals surface area contributed by atoms with Gasteiger partial charge in [-0.3, -0.25) is 4.79 Å². The van der Waals surface area contributed by atoms with Gasteiger partial charge in [0.25, 0.3) is 0 Å². The van der Waals surface area contributed by atoms with Crippen molar-refractivity contribution in [3.8, 4) is 0 Å². The normalized spacial score (nSPS) is 27.9. The van der Waals surface area contributed by atoms with Gasteiger partial charge in [0.15, 0.2) is 0 Å². The predicted octanol–water partition coefficient (Wildman–Crippen LogP) is 3.82. The minimum atomic E-state index is -0.0128. The Bertz CT molecular complexity index is 639. The molecule has 2 atom stereocenters. The second-order valence-electron chi connectivity index (χ2n) is 8.54. The number of carbonyl (C=O) groups is 2. The van der Waals surface area contributed by atoms with E-state index in [1.807, 2.05) is 9.80 Å². The molecule has 5 heteroatoms. The van der Waals surface area contributed by atoms with Crippen molar-refractivity contribution < 1.29 is 9.59 Å². The molecule has 0 aromatic rings. The van der Waals surface area contributed by atoms with Crippen molar-refractivity contribution in [3.63, 3.8) is 0 Å². The molecule has 2 saturated heterocycles. The van der Waals surface area contributed by atoms with Crippen molar-refractivity contribution in [3.05, 3.63) is 23.4 Å². The SMILES string of the molecule is O=C(NCCC(=O)N1CCCC2CCCC=C21)N1CCC2CCCC=C2C1. The third kappa shape index (κ3) is 4.22. The Balaban J connectivity index is 1.24. The first-order valence-corrected chi connectivity index (χ1v) is 10.9. The molecule has 148 valence electrons. The molecule has 2 unspecified atom stereocenters. The van der Waals surface area contributed by atoms with Crippen molar-refractivity contribution in [2.45, 2.75) is 64.2 Å². The molecule has 4 aliphatic rings. The first-order chi connectivity index (χ1) is 13.2. The topological polar surface area (TPSA) is 52.7 Å². The van der Waals surface area contributed by atoms with Crippen LogP contribution < -0.4 is 5.32 Å². The fourth-order valence-electron chi connectivity index (χ4n) is 5.28. The van der Waals surface area contributed by atoms with Gasteiger partial charge in [-0.15, -0.1) is 0 Å². The number of allylic oxidation sites excluding steroid dienone is 3. The van der Waals surface area contributed by atoms with Crippen LogP contribution in [0.5, 0.6) is 0 Å². The molecule has 2 heterocycles. The number of piperidine rings is 2. The Morgan fingerprint density at radius 1 is 0.963 bits per heavy atom. The zero-order valence-corrected chi connectivity index (χ0v) is 16.4.